The first-order valence-corrected chi connectivity index (χ1v) is 7.30. The molecule has 100 valence electrons. The third-order valence-electron chi connectivity index (χ3n) is 3.40. The van der Waals surface area contributed by atoms with Crippen LogP contribution in [0.1, 0.15) is 31.7 Å². The highest BCUT2D eigenvalue weighted by molar-refractivity contribution is 6.33. The molecule has 0 aromatic heterocycles. The number of hydrogen-bond acceptors (Lipinski definition) is 2. The lowest BCUT2D eigenvalue weighted by Crippen LogP contribution is -2.26. The van der Waals surface area contributed by atoms with E-state index in [-0.39, 0.29) is 0 Å². The van der Waals surface area contributed by atoms with Gasteiger partial charge in [0.25, 0.3) is 0 Å². The fraction of sp³-hybridized carbons (Fsp3) is 0.600. The van der Waals surface area contributed by atoms with E-state index in [0.717, 1.165) is 24.0 Å². The first-order valence-electron chi connectivity index (χ1n) is 6.92. The van der Waals surface area contributed by atoms with Gasteiger partial charge in [-0.3, -0.25) is 0 Å². The Morgan fingerprint density at radius 3 is 2.72 bits per heavy atom. The highest BCUT2D eigenvalue weighted by atomic mass is 35.5. The molecule has 0 bridgehead atoms. The molecule has 2 rings (SSSR count). The molecule has 0 radical (unpaired) electrons. The molecule has 18 heavy (non-hydrogen) atoms. The molecule has 1 aliphatic carbocycles. The van der Waals surface area contributed by atoms with Crippen molar-refractivity contribution in [2.45, 2.75) is 32.7 Å². The Bertz CT molecular complexity index is 388. The van der Waals surface area contributed by atoms with Crippen LogP contribution in [-0.2, 0) is 6.54 Å². The van der Waals surface area contributed by atoms with Gasteiger partial charge in [-0.05, 0) is 49.9 Å². The van der Waals surface area contributed by atoms with Crippen LogP contribution < -0.4 is 10.2 Å². The van der Waals surface area contributed by atoms with Gasteiger partial charge in [0.2, 0.25) is 0 Å². The van der Waals surface area contributed by atoms with Gasteiger partial charge in [0.15, 0.2) is 0 Å². The van der Waals surface area contributed by atoms with E-state index >= 15 is 0 Å². The second-order valence-electron chi connectivity index (χ2n) is 5.21. The number of rotatable bonds is 7. The summed E-state index contributed by atoms with van der Waals surface area (Å²) in [5.41, 5.74) is 2.44. The summed E-state index contributed by atoms with van der Waals surface area (Å²) in [6.07, 6.45) is 3.94. The van der Waals surface area contributed by atoms with Crippen LogP contribution in [0, 0.1) is 5.92 Å². The van der Waals surface area contributed by atoms with Crippen LogP contribution in [0.2, 0.25) is 5.02 Å². The van der Waals surface area contributed by atoms with Gasteiger partial charge < -0.3 is 10.2 Å². The van der Waals surface area contributed by atoms with E-state index in [1.54, 1.807) is 0 Å². The van der Waals surface area contributed by atoms with Crippen molar-refractivity contribution in [2.24, 2.45) is 5.92 Å². The molecule has 0 spiro atoms. The molecule has 1 saturated carbocycles. The smallest absolute Gasteiger partial charge is 0.0642 e. The molecule has 0 saturated heterocycles. The molecule has 1 fully saturated rings. The van der Waals surface area contributed by atoms with E-state index < -0.39 is 0 Å². The number of nitrogens with one attached hydrogen (secondary N) is 1. The predicted molar refractivity (Wildman–Crippen MR) is 79.4 cm³/mol. The maximum Gasteiger partial charge on any atom is 0.0642 e. The van der Waals surface area contributed by atoms with Gasteiger partial charge in [0.05, 0.1) is 10.7 Å². The van der Waals surface area contributed by atoms with Gasteiger partial charge >= 0.3 is 0 Å². The van der Waals surface area contributed by atoms with Crippen LogP contribution in [0.5, 0.6) is 0 Å². The minimum Gasteiger partial charge on any atom is -0.370 e. The SMILES string of the molecule is CCCN(CC1CC1)c1ccc(CNC)cc1Cl. The highest BCUT2D eigenvalue weighted by Gasteiger charge is 2.24. The summed E-state index contributed by atoms with van der Waals surface area (Å²) >= 11 is 6.43. The fourth-order valence-electron chi connectivity index (χ4n) is 2.31. The van der Waals surface area contributed by atoms with Gasteiger partial charge in [0.1, 0.15) is 0 Å². The number of benzene rings is 1. The Morgan fingerprint density at radius 2 is 2.17 bits per heavy atom. The van der Waals surface area contributed by atoms with Crippen LogP contribution in [0.15, 0.2) is 18.2 Å². The monoisotopic (exact) mass is 266 g/mol. The lowest BCUT2D eigenvalue weighted by Gasteiger charge is -2.25. The molecule has 1 aromatic rings. The summed E-state index contributed by atoms with van der Waals surface area (Å²) < 4.78 is 0. The Kier molecular flexibility index (Phi) is 4.90. The van der Waals surface area contributed by atoms with Gasteiger partial charge in [-0.25, -0.2) is 0 Å². The molecule has 3 heteroatoms. The van der Waals surface area contributed by atoms with Crippen LogP contribution >= 0.6 is 11.6 Å². The molecule has 0 heterocycles. The highest BCUT2D eigenvalue weighted by Crippen LogP contribution is 2.34. The Balaban J connectivity index is 2.12. The molecule has 0 amide bonds. The average molecular weight is 267 g/mol. The van der Waals surface area contributed by atoms with Crippen molar-refractivity contribution < 1.29 is 0 Å². The fourth-order valence-corrected chi connectivity index (χ4v) is 2.64. The molecule has 0 atom stereocenters. The second kappa shape index (κ2) is 6.44. The number of nitrogens with zero attached hydrogens (tertiary/aromatic N) is 1. The minimum absolute atomic E-state index is 0.871. The zero-order chi connectivity index (χ0) is 13.0. The van der Waals surface area contributed by atoms with Crippen molar-refractivity contribution in [3.63, 3.8) is 0 Å². The van der Waals surface area contributed by atoms with Crippen molar-refractivity contribution in [3.8, 4) is 0 Å². The Hall–Kier alpha value is -0.730. The van der Waals surface area contributed by atoms with Crippen molar-refractivity contribution in [1.82, 2.24) is 5.32 Å². The Morgan fingerprint density at radius 1 is 1.39 bits per heavy atom. The topological polar surface area (TPSA) is 15.3 Å². The maximum atomic E-state index is 6.43. The predicted octanol–water partition coefficient (Wildman–Crippen LogP) is 3.69. The molecule has 1 aliphatic rings. The van der Waals surface area contributed by atoms with Crippen LogP contribution in [-0.4, -0.2) is 20.1 Å². The zero-order valence-electron chi connectivity index (χ0n) is 11.4. The Labute approximate surface area is 115 Å². The zero-order valence-corrected chi connectivity index (χ0v) is 12.1. The summed E-state index contributed by atoms with van der Waals surface area (Å²) in [5.74, 6) is 0.893. The summed E-state index contributed by atoms with van der Waals surface area (Å²) in [6.45, 7) is 5.36. The summed E-state index contributed by atoms with van der Waals surface area (Å²) in [5, 5.41) is 4.04. The molecule has 2 nitrogen and oxygen atoms in total. The van der Waals surface area contributed by atoms with Crippen LogP contribution in [0.25, 0.3) is 0 Å². The quantitative estimate of drug-likeness (QED) is 0.810. The molecule has 1 aromatic carbocycles. The van der Waals surface area contributed by atoms with E-state index in [4.69, 9.17) is 11.6 Å². The van der Waals surface area contributed by atoms with Gasteiger partial charge in [-0.2, -0.15) is 0 Å². The van der Waals surface area contributed by atoms with Crippen LogP contribution in [0.3, 0.4) is 0 Å². The van der Waals surface area contributed by atoms with Crippen molar-refractivity contribution >= 4 is 17.3 Å². The van der Waals surface area contributed by atoms with E-state index in [1.807, 2.05) is 7.05 Å². The van der Waals surface area contributed by atoms with E-state index in [1.165, 1.54) is 37.1 Å². The molecule has 1 N–H and O–H groups in total. The lowest BCUT2D eigenvalue weighted by atomic mass is 10.1. The minimum atomic E-state index is 0.871. The standard InChI is InChI=1S/C15H23ClN2/c1-3-8-18(11-12-4-5-12)15-7-6-13(10-17-2)9-14(15)16/h6-7,9,12,17H,3-5,8,10-11H2,1-2H3. The lowest BCUT2D eigenvalue weighted by molar-refractivity contribution is 0.708. The molecule has 0 aliphatic heterocycles. The van der Waals surface area contributed by atoms with E-state index in [9.17, 15) is 0 Å². The third-order valence-corrected chi connectivity index (χ3v) is 3.71. The normalized spacial score (nSPS) is 14.8. The van der Waals surface area contributed by atoms with E-state index in [2.05, 4.69) is 35.3 Å². The largest absolute Gasteiger partial charge is 0.370 e. The summed E-state index contributed by atoms with van der Waals surface area (Å²) in [4.78, 5) is 2.45. The molecular weight excluding hydrogens is 244 g/mol. The van der Waals surface area contributed by atoms with Crippen LogP contribution in [0.4, 0.5) is 5.69 Å². The number of anilines is 1. The maximum absolute atomic E-state index is 6.43. The van der Waals surface area contributed by atoms with Crippen molar-refractivity contribution in [3.05, 3.63) is 28.8 Å². The number of halogens is 1. The second-order valence-corrected chi connectivity index (χ2v) is 5.61. The van der Waals surface area contributed by atoms with E-state index in [0.29, 0.717) is 0 Å². The average Bonchev–Trinajstić information content (AvgIpc) is 3.13. The van der Waals surface area contributed by atoms with Gasteiger partial charge in [-0.15, -0.1) is 0 Å². The molecule has 0 unspecified atom stereocenters. The summed E-state index contributed by atoms with van der Waals surface area (Å²) in [7, 11) is 1.96. The van der Waals surface area contributed by atoms with Crippen molar-refractivity contribution in [2.75, 3.05) is 25.0 Å². The number of hydrogen-bond donors (Lipinski definition) is 1. The van der Waals surface area contributed by atoms with Crippen molar-refractivity contribution in [1.29, 1.82) is 0 Å². The summed E-state index contributed by atoms with van der Waals surface area (Å²) in [6, 6.07) is 6.43. The first-order chi connectivity index (χ1) is 8.74. The third kappa shape index (κ3) is 3.63. The van der Waals surface area contributed by atoms with Gasteiger partial charge in [0, 0.05) is 19.6 Å². The first kappa shape index (κ1) is 13.7. The molecular formula is C15H23ClN2. The van der Waals surface area contributed by atoms with Gasteiger partial charge in [-0.1, -0.05) is 24.6 Å².